The second-order valence-corrected chi connectivity index (χ2v) is 6.33. The van der Waals surface area contributed by atoms with Crippen molar-refractivity contribution in [3.8, 4) is 11.5 Å². The van der Waals surface area contributed by atoms with Crippen molar-refractivity contribution in [2.24, 2.45) is 0 Å². The summed E-state index contributed by atoms with van der Waals surface area (Å²) in [5, 5.41) is 13.9. The van der Waals surface area contributed by atoms with Crippen molar-refractivity contribution >= 4 is 15.9 Å². The molecule has 2 rings (SSSR count). The smallest absolute Gasteiger partial charge is 0.163 e. The highest BCUT2D eigenvalue weighted by Crippen LogP contribution is 2.43. The van der Waals surface area contributed by atoms with Gasteiger partial charge in [0.25, 0.3) is 0 Å². The van der Waals surface area contributed by atoms with Gasteiger partial charge in [-0.2, -0.15) is 0 Å². The maximum atomic E-state index is 10.6. The van der Waals surface area contributed by atoms with E-state index >= 15 is 0 Å². The van der Waals surface area contributed by atoms with Crippen LogP contribution < -0.4 is 10.1 Å². The summed E-state index contributed by atoms with van der Waals surface area (Å²) in [6, 6.07) is 3.81. The number of piperazine rings is 1. The molecule has 1 heterocycles. The molecule has 1 aromatic rings. The number of phenols is 1. The standard InChI is InChI=1S/C16H23BrN2O2/c1-11(2)10-13(19-8-6-18-7-9-19)15-12(17)4-5-14(21-3)16(15)20/h4-5,13,18,20H,1,6-10H2,2-3H3/t13-/m0/s1. The van der Waals surface area contributed by atoms with Crippen molar-refractivity contribution in [1.82, 2.24) is 10.2 Å². The van der Waals surface area contributed by atoms with Crippen LogP contribution in [0.5, 0.6) is 11.5 Å². The van der Waals surface area contributed by atoms with E-state index in [2.05, 4.69) is 32.7 Å². The predicted molar refractivity (Wildman–Crippen MR) is 89.0 cm³/mol. The van der Waals surface area contributed by atoms with Gasteiger partial charge in [0.15, 0.2) is 11.5 Å². The average molecular weight is 355 g/mol. The summed E-state index contributed by atoms with van der Waals surface area (Å²) < 4.78 is 6.17. The van der Waals surface area contributed by atoms with Crippen molar-refractivity contribution in [2.75, 3.05) is 33.3 Å². The Morgan fingerprint density at radius 3 is 2.71 bits per heavy atom. The largest absolute Gasteiger partial charge is 0.504 e. The Kier molecular flexibility index (Phi) is 5.67. The summed E-state index contributed by atoms with van der Waals surface area (Å²) in [6.07, 6.45) is 0.819. The minimum absolute atomic E-state index is 0.106. The van der Waals surface area contributed by atoms with Crippen LogP contribution in [0.25, 0.3) is 0 Å². The summed E-state index contributed by atoms with van der Waals surface area (Å²) in [5.41, 5.74) is 1.99. The molecule has 0 unspecified atom stereocenters. The molecule has 1 fully saturated rings. The molecule has 116 valence electrons. The van der Waals surface area contributed by atoms with Crippen molar-refractivity contribution in [3.63, 3.8) is 0 Å². The lowest BCUT2D eigenvalue weighted by molar-refractivity contribution is 0.168. The van der Waals surface area contributed by atoms with E-state index in [1.54, 1.807) is 13.2 Å². The molecular formula is C16H23BrN2O2. The first-order chi connectivity index (χ1) is 10.0. The Morgan fingerprint density at radius 2 is 2.14 bits per heavy atom. The Bertz CT molecular complexity index is 513. The number of halogens is 1. The minimum atomic E-state index is 0.106. The number of hydrogen-bond acceptors (Lipinski definition) is 4. The normalized spacial score (nSPS) is 17.5. The van der Waals surface area contributed by atoms with Crippen LogP contribution in [-0.2, 0) is 0 Å². The first kappa shape index (κ1) is 16.3. The molecule has 21 heavy (non-hydrogen) atoms. The molecule has 4 nitrogen and oxygen atoms in total. The molecular weight excluding hydrogens is 332 g/mol. The third kappa shape index (κ3) is 3.78. The zero-order chi connectivity index (χ0) is 15.4. The highest BCUT2D eigenvalue weighted by Gasteiger charge is 2.27. The minimum Gasteiger partial charge on any atom is -0.504 e. The molecule has 1 atom stereocenters. The number of nitrogens with one attached hydrogen (secondary N) is 1. The number of methoxy groups -OCH3 is 1. The molecule has 0 aromatic heterocycles. The van der Waals surface area contributed by atoms with E-state index in [-0.39, 0.29) is 11.8 Å². The Labute approximate surface area is 134 Å². The van der Waals surface area contributed by atoms with E-state index in [0.29, 0.717) is 5.75 Å². The molecule has 2 N–H and O–H groups in total. The molecule has 1 saturated heterocycles. The van der Waals surface area contributed by atoms with Gasteiger partial charge in [-0.3, -0.25) is 4.90 Å². The lowest BCUT2D eigenvalue weighted by Gasteiger charge is -2.36. The van der Waals surface area contributed by atoms with Crippen LogP contribution in [-0.4, -0.2) is 43.3 Å². The summed E-state index contributed by atoms with van der Waals surface area (Å²) in [6.45, 7) is 9.93. The van der Waals surface area contributed by atoms with E-state index in [9.17, 15) is 5.11 Å². The fourth-order valence-electron chi connectivity index (χ4n) is 2.78. The quantitative estimate of drug-likeness (QED) is 0.797. The van der Waals surface area contributed by atoms with Crippen LogP contribution in [0.3, 0.4) is 0 Å². The van der Waals surface area contributed by atoms with Crippen LogP contribution >= 0.6 is 15.9 Å². The second kappa shape index (κ2) is 7.29. The maximum Gasteiger partial charge on any atom is 0.163 e. The first-order valence-corrected chi connectivity index (χ1v) is 7.98. The number of hydrogen-bond donors (Lipinski definition) is 2. The van der Waals surface area contributed by atoms with E-state index in [0.717, 1.165) is 48.2 Å². The summed E-state index contributed by atoms with van der Waals surface area (Å²) in [4.78, 5) is 2.39. The van der Waals surface area contributed by atoms with E-state index in [1.807, 2.05) is 13.0 Å². The van der Waals surface area contributed by atoms with E-state index in [4.69, 9.17) is 4.74 Å². The van der Waals surface area contributed by atoms with Crippen molar-refractivity contribution < 1.29 is 9.84 Å². The van der Waals surface area contributed by atoms with Gasteiger partial charge in [0.1, 0.15) is 0 Å². The number of benzene rings is 1. The molecule has 0 aliphatic carbocycles. The Hall–Kier alpha value is -1.04. The summed E-state index contributed by atoms with van der Waals surface area (Å²) in [7, 11) is 1.57. The second-order valence-electron chi connectivity index (χ2n) is 5.47. The lowest BCUT2D eigenvalue weighted by Crippen LogP contribution is -2.45. The number of ether oxygens (including phenoxy) is 1. The Morgan fingerprint density at radius 1 is 1.48 bits per heavy atom. The number of rotatable bonds is 5. The van der Waals surface area contributed by atoms with Crippen LogP contribution in [0.15, 0.2) is 28.8 Å². The molecule has 5 heteroatoms. The van der Waals surface area contributed by atoms with E-state index < -0.39 is 0 Å². The van der Waals surface area contributed by atoms with Gasteiger partial charge in [-0.1, -0.05) is 21.5 Å². The van der Waals surface area contributed by atoms with Gasteiger partial charge in [0.2, 0.25) is 0 Å². The topological polar surface area (TPSA) is 44.7 Å². The SMILES string of the molecule is C=C(C)C[C@@H](c1c(Br)ccc(OC)c1O)N1CCNCC1. The van der Waals surface area contributed by atoms with Gasteiger partial charge in [0, 0.05) is 42.3 Å². The van der Waals surface area contributed by atoms with Crippen LogP contribution in [0.1, 0.15) is 24.9 Å². The molecule has 1 aromatic carbocycles. The van der Waals surface area contributed by atoms with Crippen LogP contribution in [0.2, 0.25) is 0 Å². The van der Waals surface area contributed by atoms with Crippen molar-refractivity contribution in [3.05, 3.63) is 34.3 Å². The van der Waals surface area contributed by atoms with E-state index in [1.165, 1.54) is 0 Å². The number of nitrogens with zero attached hydrogens (tertiary/aromatic N) is 1. The number of phenolic OH excluding ortho intramolecular Hbond substituents is 1. The van der Waals surface area contributed by atoms with Gasteiger partial charge in [-0.15, -0.1) is 6.58 Å². The van der Waals surface area contributed by atoms with Crippen LogP contribution in [0, 0.1) is 0 Å². The first-order valence-electron chi connectivity index (χ1n) is 7.19. The molecule has 0 spiro atoms. The lowest BCUT2D eigenvalue weighted by atomic mass is 9.96. The van der Waals surface area contributed by atoms with Crippen LogP contribution in [0.4, 0.5) is 0 Å². The van der Waals surface area contributed by atoms with Gasteiger partial charge in [-0.05, 0) is 25.5 Å². The molecule has 0 radical (unpaired) electrons. The third-order valence-electron chi connectivity index (χ3n) is 3.81. The zero-order valence-corrected chi connectivity index (χ0v) is 14.2. The monoisotopic (exact) mass is 354 g/mol. The average Bonchev–Trinajstić information content (AvgIpc) is 2.47. The zero-order valence-electron chi connectivity index (χ0n) is 12.7. The summed E-state index contributed by atoms with van der Waals surface area (Å²) in [5.74, 6) is 0.728. The molecule has 1 aliphatic heterocycles. The Balaban J connectivity index is 2.42. The van der Waals surface area contributed by atoms with Gasteiger partial charge < -0.3 is 15.2 Å². The summed E-state index contributed by atoms with van der Waals surface area (Å²) >= 11 is 3.58. The highest BCUT2D eigenvalue weighted by atomic mass is 79.9. The van der Waals surface area contributed by atoms with Crippen molar-refractivity contribution in [1.29, 1.82) is 0 Å². The highest BCUT2D eigenvalue weighted by molar-refractivity contribution is 9.10. The number of aromatic hydroxyl groups is 1. The third-order valence-corrected chi connectivity index (χ3v) is 4.51. The van der Waals surface area contributed by atoms with Gasteiger partial charge in [0.05, 0.1) is 7.11 Å². The predicted octanol–water partition coefficient (Wildman–Crippen LogP) is 3.08. The van der Waals surface area contributed by atoms with Crippen molar-refractivity contribution in [2.45, 2.75) is 19.4 Å². The molecule has 1 aliphatic rings. The fourth-order valence-corrected chi connectivity index (χ4v) is 3.37. The molecule has 0 bridgehead atoms. The fraction of sp³-hybridized carbons (Fsp3) is 0.500. The van der Waals surface area contributed by atoms with Gasteiger partial charge >= 0.3 is 0 Å². The van der Waals surface area contributed by atoms with Gasteiger partial charge in [-0.25, -0.2) is 0 Å². The molecule has 0 saturated carbocycles. The molecule has 0 amide bonds. The maximum absolute atomic E-state index is 10.6.